The molecule has 2 saturated heterocycles. The second kappa shape index (κ2) is 5.98. The van der Waals surface area contributed by atoms with E-state index in [0.717, 1.165) is 30.1 Å². The summed E-state index contributed by atoms with van der Waals surface area (Å²) >= 11 is 1.66. The van der Waals surface area contributed by atoms with E-state index in [1.807, 2.05) is 11.8 Å². The smallest absolute Gasteiger partial charge is 0.274 e. The number of piperidine rings is 1. The first-order valence-electron chi connectivity index (χ1n) is 7.83. The molecule has 0 unspecified atom stereocenters. The topological polar surface area (TPSA) is 68.2 Å². The highest BCUT2D eigenvalue weighted by Crippen LogP contribution is 2.41. The Bertz CT molecular complexity index is 705. The van der Waals surface area contributed by atoms with Crippen LogP contribution in [0, 0.1) is 12.8 Å². The second-order valence-electron chi connectivity index (χ2n) is 6.12. The van der Waals surface area contributed by atoms with Gasteiger partial charge in [0.05, 0.1) is 12.3 Å². The number of aryl methyl sites for hydroxylation is 1. The third kappa shape index (κ3) is 2.86. The molecule has 2 fully saturated rings. The van der Waals surface area contributed by atoms with Gasteiger partial charge >= 0.3 is 0 Å². The number of hydrogen-bond acceptors (Lipinski definition) is 6. The van der Waals surface area contributed by atoms with E-state index >= 15 is 0 Å². The number of hydrogen-bond donors (Lipinski definition) is 0. The number of nitrogens with zero attached hydrogens (tertiary/aromatic N) is 4. The predicted octanol–water partition coefficient (Wildman–Crippen LogP) is 2.23. The van der Waals surface area contributed by atoms with Crippen molar-refractivity contribution in [2.75, 3.05) is 13.1 Å². The van der Waals surface area contributed by atoms with Crippen molar-refractivity contribution in [3.63, 3.8) is 0 Å². The average molecular weight is 330 g/mol. The Kier molecular flexibility index (Phi) is 3.82. The number of aromatic nitrogens is 3. The number of ether oxygens (including phenoxy) is 1. The molecule has 6 nitrogen and oxygen atoms in total. The minimum absolute atomic E-state index is 0.0614. The number of thiazole rings is 1. The summed E-state index contributed by atoms with van der Waals surface area (Å²) in [6.07, 6.45) is 6.79. The summed E-state index contributed by atoms with van der Waals surface area (Å²) in [5, 5.41) is 3.12. The molecule has 23 heavy (non-hydrogen) atoms. The summed E-state index contributed by atoms with van der Waals surface area (Å²) in [6.45, 7) is 3.38. The monoisotopic (exact) mass is 330 g/mol. The van der Waals surface area contributed by atoms with Crippen LogP contribution in [-0.2, 0) is 4.74 Å². The van der Waals surface area contributed by atoms with Gasteiger partial charge in [0.2, 0.25) is 0 Å². The number of carbonyl (C=O) groups is 1. The molecule has 2 aliphatic rings. The average Bonchev–Trinajstić information content (AvgIpc) is 3.20. The van der Waals surface area contributed by atoms with Crippen LogP contribution in [0.3, 0.4) is 0 Å². The van der Waals surface area contributed by atoms with Crippen LogP contribution < -0.4 is 0 Å². The van der Waals surface area contributed by atoms with Crippen LogP contribution in [0.15, 0.2) is 24.0 Å². The summed E-state index contributed by atoms with van der Waals surface area (Å²) in [5.74, 6) is 0.448. The lowest BCUT2D eigenvalue weighted by Crippen LogP contribution is -2.45. The third-order valence-electron chi connectivity index (χ3n) is 4.53. The SMILES string of the molecule is Cc1csc([C@@H]2C[C@@H]3CCN(C(=O)c4cnccn4)C[C@H]3O2)n1. The van der Waals surface area contributed by atoms with Gasteiger partial charge in [0, 0.05) is 36.6 Å². The van der Waals surface area contributed by atoms with E-state index in [4.69, 9.17) is 4.74 Å². The first-order valence-corrected chi connectivity index (χ1v) is 8.71. The zero-order chi connectivity index (χ0) is 15.8. The van der Waals surface area contributed by atoms with Gasteiger partial charge in [-0.2, -0.15) is 0 Å². The predicted molar refractivity (Wildman–Crippen MR) is 85.1 cm³/mol. The Morgan fingerprint density at radius 1 is 1.43 bits per heavy atom. The van der Waals surface area contributed by atoms with E-state index in [-0.39, 0.29) is 18.1 Å². The van der Waals surface area contributed by atoms with Crippen LogP contribution in [0.2, 0.25) is 0 Å². The zero-order valence-corrected chi connectivity index (χ0v) is 13.7. The molecular formula is C16H18N4O2S. The minimum Gasteiger partial charge on any atom is -0.366 e. The largest absolute Gasteiger partial charge is 0.366 e. The maximum Gasteiger partial charge on any atom is 0.274 e. The number of likely N-dealkylation sites (tertiary alicyclic amines) is 1. The third-order valence-corrected chi connectivity index (χ3v) is 5.59. The fourth-order valence-corrected chi connectivity index (χ4v) is 4.21. The van der Waals surface area contributed by atoms with Gasteiger partial charge in [-0.15, -0.1) is 11.3 Å². The summed E-state index contributed by atoms with van der Waals surface area (Å²) < 4.78 is 6.20. The Balaban J connectivity index is 1.44. The van der Waals surface area contributed by atoms with Crippen LogP contribution in [0.5, 0.6) is 0 Å². The molecule has 4 heterocycles. The molecule has 2 aromatic heterocycles. The van der Waals surface area contributed by atoms with Crippen LogP contribution in [0.1, 0.15) is 40.1 Å². The number of rotatable bonds is 2. The minimum atomic E-state index is -0.0614. The van der Waals surface area contributed by atoms with Crippen LogP contribution in [0.25, 0.3) is 0 Å². The molecule has 0 spiro atoms. The van der Waals surface area contributed by atoms with Crippen molar-refractivity contribution in [3.05, 3.63) is 40.4 Å². The first-order chi connectivity index (χ1) is 11.2. The molecular weight excluding hydrogens is 312 g/mol. The number of amides is 1. The highest BCUT2D eigenvalue weighted by Gasteiger charge is 2.41. The van der Waals surface area contributed by atoms with E-state index in [2.05, 4.69) is 20.3 Å². The first kappa shape index (κ1) is 14.7. The van der Waals surface area contributed by atoms with Crippen LogP contribution >= 0.6 is 11.3 Å². The Morgan fingerprint density at radius 3 is 3.09 bits per heavy atom. The molecule has 0 saturated carbocycles. The van der Waals surface area contributed by atoms with Crippen molar-refractivity contribution in [1.29, 1.82) is 0 Å². The van der Waals surface area contributed by atoms with Crippen LogP contribution in [0.4, 0.5) is 0 Å². The second-order valence-corrected chi connectivity index (χ2v) is 7.01. The van der Waals surface area contributed by atoms with E-state index < -0.39 is 0 Å². The Labute approximate surface area is 138 Å². The highest BCUT2D eigenvalue weighted by molar-refractivity contribution is 7.09. The number of carbonyl (C=O) groups excluding carboxylic acids is 1. The lowest BCUT2D eigenvalue weighted by Gasteiger charge is -2.33. The van der Waals surface area contributed by atoms with Crippen molar-refractivity contribution in [1.82, 2.24) is 19.9 Å². The molecule has 0 bridgehead atoms. The number of fused-ring (bicyclic) bond motifs is 1. The van der Waals surface area contributed by atoms with Crippen LogP contribution in [-0.4, -0.2) is 45.0 Å². The standard InChI is InChI=1S/C16H18N4O2S/c1-10-9-23-15(19-10)13-6-11-2-5-20(8-14(11)22-13)16(21)12-7-17-3-4-18-12/h3-4,7,9,11,13-14H,2,5-6,8H2,1H3/t11-,13-,14+/m0/s1. The maximum absolute atomic E-state index is 12.5. The van der Waals surface area contributed by atoms with E-state index in [9.17, 15) is 4.79 Å². The van der Waals surface area contributed by atoms with Gasteiger partial charge in [0.15, 0.2) is 0 Å². The molecule has 4 rings (SSSR count). The molecule has 0 radical (unpaired) electrons. The molecule has 3 atom stereocenters. The molecule has 0 N–H and O–H groups in total. The van der Waals surface area contributed by atoms with Gasteiger partial charge in [-0.3, -0.25) is 9.78 Å². The van der Waals surface area contributed by atoms with Gasteiger partial charge in [0.25, 0.3) is 5.91 Å². The van der Waals surface area contributed by atoms with E-state index in [1.54, 1.807) is 23.7 Å². The molecule has 2 aliphatic heterocycles. The van der Waals surface area contributed by atoms with Crippen molar-refractivity contribution in [2.45, 2.75) is 32.0 Å². The van der Waals surface area contributed by atoms with Crippen molar-refractivity contribution >= 4 is 17.2 Å². The molecule has 0 aliphatic carbocycles. The zero-order valence-electron chi connectivity index (χ0n) is 12.9. The molecule has 120 valence electrons. The van der Waals surface area contributed by atoms with Gasteiger partial charge in [-0.1, -0.05) is 0 Å². The molecule has 0 aromatic carbocycles. The van der Waals surface area contributed by atoms with Crippen molar-refractivity contribution in [3.8, 4) is 0 Å². The maximum atomic E-state index is 12.5. The van der Waals surface area contributed by atoms with Crippen molar-refractivity contribution in [2.24, 2.45) is 5.92 Å². The van der Waals surface area contributed by atoms with E-state index in [1.165, 1.54) is 6.20 Å². The Hall–Kier alpha value is -1.86. The quantitative estimate of drug-likeness (QED) is 0.845. The Morgan fingerprint density at radius 2 is 2.35 bits per heavy atom. The fraction of sp³-hybridized carbons (Fsp3) is 0.500. The van der Waals surface area contributed by atoms with Gasteiger partial charge < -0.3 is 9.64 Å². The summed E-state index contributed by atoms with van der Waals surface area (Å²) in [6, 6.07) is 0. The molecule has 2 aromatic rings. The fourth-order valence-electron chi connectivity index (χ4n) is 3.37. The highest BCUT2D eigenvalue weighted by atomic mass is 32.1. The summed E-state index contributed by atoms with van der Waals surface area (Å²) in [5.41, 5.74) is 1.44. The summed E-state index contributed by atoms with van der Waals surface area (Å²) in [4.78, 5) is 27.0. The summed E-state index contributed by atoms with van der Waals surface area (Å²) in [7, 11) is 0. The lowest BCUT2D eigenvalue weighted by atomic mass is 9.91. The van der Waals surface area contributed by atoms with Gasteiger partial charge in [-0.25, -0.2) is 9.97 Å². The normalized spacial score (nSPS) is 27.0. The lowest BCUT2D eigenvalue weighted by molar-refractivity contribution is -0.00468. The molecule has 1 amide bonds. The van der Waals surface area contributed by atoms with Gasteiger partial charge in [0.1, 0.15) is 16.8 Å². The molecule has 7 heteroatoms. The van der Waals surface area contributed by atoms with Crippen molar-refractivity contribution < 1.29 is 9.53 Å². The van der Waals surface area contributed by atoms with Gasteiger partial charge in [-0.05, 0) is 25.7 Å². The van der Waals surface area contributed by atoms with E-state index in [0.29, 0.717) is 18.2 Å².